The molecule has 0 atom stereocenters. The number of rotatable bonds is 7. The molecule has 0 heterocycles. The lowest BCUT2D eigenvalue weighted by Gasteiger charge is -2.30. The number of nitrogens with one attached hydrogen (secondary N) is 1. The summed E-state index contributed by atoms with van der Waals surface area (Å²) in [7, 11) is 0. The molecule has 1 aromatic carbocycles. The van der Waals surface area contributed by atoms with Crippen molar-refractivity contribution < 1.29 is 5.11 Å². The van der Waals surface area contributed by atoms with Crippen LogP contribution in [0.3, 0.4) is 0 Å². The molecule has 0 aliphatic rings. The molecule has 0 spiro atoms. The van der Waals surface area contributed by atoms with Gasteiger partial charge in [0.25, 0.3) is 0 Å². The van der Waals surface area contributed by atoms with Crippen LogP contribution in [0.15, 0.2) is 24.3 Å². The fraction of sp³-hybridized carbons (Fsp3) is 0.600. The highest BCUT2D eigenvalue weighted by atomic mass is 16.3. The molecule has 0 amide bonds. The van der Waals surface area contributed by atoms with Gasteiger partial charge in [0, 0.05) is 37.3 Å². The van der Waals surface area contributed by atoms with Crippen LogP contribution < -0.4 is 5.32 Å². The van der Waals surface area contributed by atoms with E-state index in [-0.39, 0.29) is 0 Å². The maximum atomic E-state index is 9.65. The summed E-state index contributed by atoms with van der Waals surface area (Å²) in [6.45, 7) is 11.6. The minimum absolute atomic E-state index is 0.370. The predicted molar refractivity (Wildman–Crippen MR) is 76.8 cm³/mol. The van der Waals surface area contributed by atoms with Gasteiger partial charge in [-0.05, 0) is 33.8 Å². The number of hydrogen-bond acceptors (Lipinski definition) is 3. The standard InChI is InChI=1S/C15H26N2O/c1-12(2)17(13(3)4)10-9-16-11-14-7-5-6-8-15(14)18/h5-8,12-13,16,18H,9-11H2,1-4H3. The summed E-state index contributed by atoms with van der Waals surface area (Å²) in [6, 6.07) is 8.61. The second kappa shape index (κ2) is 7.39. The Hall–Kier alpha value is -1.06. The average molecular weight is 250 g/mol. The predicted octanol–water partition coefficient (Wildman–Crippen LogP) is 2.60. The van der Waals surface area contributed by atoms with Crippen LogP contribution in [0.1, 0.15) is 33.3 Å². The smallest absolute Gasteiger partial charge is 0.120 e. The Balaban J connectivity index is 2.32. The Morgan fingerprint density at radius 2 is 1.72 bits per heavy atom. The van der Waals surface area contributed by atoms with Crippen LogP contribution in [0.2, 0.25) is 0 Å². The Morgan fingerprint density at radius 3 is 2.28 bits per heavy atom. The molecule has 1 rings (SSSR count). The van der Waals surface area contributed by atoms with Gasteiger partial charge >= 0.3 is 0 Å². The van der Waals surface area contributed by atoms with Crippen molar-refractivity contribution >= 4 is 0 Å². The molecule has 0 aromatic heterocycles. The molecule has 0 saturated heterocycles. The van der Waals surface area contributed by atoms with E-state index >= 15 is 0 Å². The maximum absolute atomic E-state index is 9.65. The first-order valence-corrected chi connectivity index (χ1v) is 6.75. The van der Waals surface area contributed by atoms with Gasteiger partial charge in [-0.15, -0.1) is 0 Å². The van der Waals surface area contributed by atoms with Crippen molar-refractivity contribution in [2.45, 2.75) is 46.3 Å². The molecule has 0 radical (unpaired) electrons. The van der Waals surface area contributed by atoms with E-state index in [0.717, 1.165) is 25.2 Å². The number of nitrogens with zero attached hydrogens (tertiary/aromatic N) is 1. The molecule has 1 aromatic rings. The first-order valence-electron chi connectivity index (χ1n) is 6.75. The van der Waals surface area contributed by atoms with E-state index < -0.39 is 0 Å². The number of phenols is 1. The van der Waals surface area contributed by atoms with E-state index in [4.69, 9.17) is 0 Å². The van der Waals surface area contributed by atoms with Gasteiger partial charge in [0.15, 0.2) is 0 Å². The van der Waals surface area contributed by atoms with Crippen molar-refractivity contribution in [3.8, 4) is 5.75 Å². The van der Waals surface area contributed by atoms with Crippen LogP contribution in [0.25, 0.3) is 0 Å². The Bertz CT molecular complexity index is 342. The lowest BCUT2D eigenvalue weighted by atomic mass is 10.2. The fourth-order valence-electron chi connectivity index (χ4n) is 2.20. The van der Waals surface area contributed by atoms with E-state index in [1.54, 1.807) is 6.07 Å². The van der Waals surface area contributed by atoms with Gasteiger partial charge in [-0.3, -0.25) is 4.90 Å². The van der Waals surface area contributed by atoms with Gasteiger partial charge in [0.05, 0.1) is 0 Å². The van der Waals surface area contributed by atoms with Crippen LogP contribution in [0.4, 0.5) is 0 Å². The van der Waals surface area contributed by atoms with Crippen LogP contribution in [-0.2, 0) is 6.54 Å². The zero-order valence-corrected chi connectivity index (χ0v) is 12.0. The quantitative estimate of drug-likeness (QED) is 0.730. The van der Waals surface area contributed by atoms with Gasteiger partial charge in [-0.1, -0.05) is 18.2 Å². The molecule has 2 N–H and O–H groups in total. The molecule has 102 valence electrons. The Kier molecular flexibility index (Phi) is 6.16. The minimum atomic E-state index is 0.370. The lowest BCUT2D eigenvalue weighted by molar-refractivity contribution is 0.175. The Labute approximate surface area is 111 Å². The molecule has 0 bridgehead atoms. The van der Waals surface area contributed by atoms with Crippen molar-refractivity contribution in [2.24, 2.45) is 0 Å². The second-order valence-electron chi connectivity index (χ2n) is 5.23. The van der Waals surface area contributed by atoms with Crippen LogP contribution >= 0.6 is 0 Å². The SMILES string of the molecule is CC(C)N(CCNCc1ccccc1O)C(C)C. The largest absolute Gasteiger partial charge is 0.508 e. The van der Waals surface area contributed by atoms with E-state index in [0.29, 0.717) is 17.8 Å². The minimum Gasteiger partial charge on any atom is -0.508 e. The summed E-state index contributed by atoms with van der Waals surface area (Å²) in [6.07, 6.45) is 0. The third-order valence-electron chi connectivity index (χ3n) is 3.18. The number of phenolic OH excluding ortho intramolecular Hbond substituents is 1. The van der Waals surface area contributed by atoms with Gasteiger partial charge in [0.1, 0.15) is 5.75 Å². The van der Waals surface area contributed by atoms with Crippen LogP contribution in [0, 0.1) is 0 Å². The van der Waals surface area contributed by atoms with Crippen LogP contribution in [-0.4, -0.2) is 35.2 Å². The van der Waals surface area contributed by atoms with Crippen molar-refractivity contribution in [1.82, 2.24) is 10.2 Å². The topological polar surface area (TPSA) is 35.5 Å². The van der Waals surface area contributed by atoms with E-state index in [1.165, 1.54) is 0 Å². The van der Waals surface area contributed by atoms with E-state index in [2.05, 4.69) is 37.9 Å². The zero-order valence-electron chi connectivity index (χ0n) is 12.0. The highest BCUT2D eigenvalue weighted by molar-refractivity contribution is 5.31. The molecule has 18 heavy (non-hydrogen) atoms. The summed E-state index contributed by atoms with van der Waals surface area (Å²) in [5.41, 5.74) is 0.957. The molecule has 0 saturated carbocycles. The number of benzene rings is 1. The first kappa shape index (κ1) is 15.0. The highest BCUT2D eigenvalue weighted by Crippen LogP contribution is 2.14. The Morgan fingerprint density at radius 1 is 1.11 bits per heavy atom. The summed E-state index contributed by atoms with van der Waals surface area (Å²) in [5.74, 6) is 0.370. The molecule has 0 fully saturated rings. The van der Waals surface area contributed by atoms with Crippen molar-refractivity contribution in [3.05, 3.63) is 29.8 Å². The van der Waals surface area contributed by atoms with Gasteiger partial charge in [-0.25, -0.2) is 0 Å². The fourth-order valence-corrected chi connectivity index (χ4v) is 2.20. The number of para-hydroxylation sites is 1. The molecular weight excluding hydrogens is 224 g/mol. The maximum Gasteiger partial charge on any atom is 0.120 e. The molecule has 0 unspecified atom stereocenters. The third-order valence-corrected chi connectivity index (χ3v) is 3.18. The molecule has 0 aliphatic heterocycles. The normalized spacial score (nSPS) is 11.7. The van der Waals surface area contributed by atoms with E-state index in [1.807, 2.05) is 18.2 Å². The molecule has 3 nitrogen and oxygen atoms in total. The highest BCUT2D eigenvalue weighted by Gasteiger charge is 2.12. The molecular formula is C15H26N2O. The summed E-state index contributed by atoms with van der Waals surface area (Å²) < 4.78 is 0. The van der Waals surface area contributed by atoms with Crippen molar-refractivity contribution in [2.75, 3.05) is 13.1 Å². The molecule has 0 aliphatic carbocycles. The zero-order chi connectivity index (χ0) is 13.5. The summed E-state index contributed by atoms with van der Waals surface area (Å²) in [5, 5.41) is 13.0. The molecule has 3 heteroatoms. The second-order valence-corrected chi connectivity index (χ2v) is 5.23. The monoisotopic (exact) mass is 250 g/mol. The third kappa shape index (κ3) is 4.67. The van der Waals surface area contributed by atoms with Crippen molar-refractivity contribution in [3.63, 3.8) is 0 Å². The summed E-state index contributed by atoms with van der Waals surface area (Å²) in [4.78, 5) is 2.46. The lowest BCUT2D eigenvalue weighted by Crippen LogP contribution is -2.41. The number of hydrogen-bond donors (Lipinski definition) is 2. The van der Waals surface area contributed by atoms with Gasteiger partial charge in [-0.2, -0.15) is 0 Å². The van der Waals surface area contributed by atoms with Crippen LogP contribution in [0.5, 0.6) is 5.75 Å². The summed E-state index contributed by atoms with van der Waals surface area (Å²) >= 11 is 0. The number of aromatic hydroxyl groups is 1. The van der Waals surface area contributed by atoms with Gasteiger partial charge in [0.2, 0.25) is 0 Å². The van der Waals surface area contributed by atoms with E-state index in [9.17, 15) is 5.11 Å². The van der Waals surface area contributed by atoms with Crippen molar-refractivity contribution in [1.29, 1.82) is 0 Å². The first-order chi connectivity index (χ1) is 8.52. The average Bonchev–Trinajstić information content (AvgIpc) is 2.30. The van der Waals surface area contributed by atoms with Gasteiger partial charge < -0.3 is 10.4 Å².